The van der Waals surface area contributed by atoms with Crippen molar-refractivity contribution in [2.24, 2.45) is 0 Å². The number of nitro groups is 1. The monoisotopic (exact) mass is 216 g/mol. The lowest BCUT2D eigenvalue weighted by molar-refractivity contribution is -0.385. The number of benzene rings is 1. The third-order valence-electron chi connectivity index (χ3n) is 1.37. The number of hydrogen-bond acceptors (Lipinski definition) is 3. The van der Waals surface area contributed by atoms with E-state index < -0.39 is 10.6 Å². The zero-order valence-electron chi connectivity index (χ0n) is 6.12. The Hall–Kier alpha value is -1.31. The smallest absolute Gasteiger partial charge is 0.258 e. The minimum absolute atomic E-state index is 0.0265. The van der Waals surface area contributed by atoms with Gasteiger partial charge in [0.2, 0.25) is 0 Å². The van der Waals surface area contributed by atoms with Gasteiger partial charge in [-0.05, 0) is 12.1 Å². The van der Waals surface area contributed by atoms with Crippen LogP contribution in [0.4, 0.5) is 5.69 Å². The van der Waals surface area contributed by atoms with Crippen molar-refractivity contribution in [1.82, 2.24) is 0 Å². The van der Waals surface area contributed by atoms with Crippen LogP contribution >= 0.6 is 23.2 Å². The second kappa shape index (κ2) is 3.60. The molecule has 6 heteroatoms. The number of halogens is 2. The van der Waals surface area contributed by atoms with Gasteiger partial charge in [0.15, 0.2) is 0 Å². The van der Waals surface area contributed by atoms with E-state index in [-0.39, 0.29) is 15.6 Å². The number of nitrogens with zero attached hydrogens (tertiary/aromatic N) is 2. The van der Waals surface area contributed by atoms with Crippen molar-refractivity contribution in [3.05, 3.63) is 37.9 Å². The van der Waals surface area contributed by atoms with Crippen LogP contribution in [0.3, 0.4) is 0 Å². The molecule has 1 aromatic carbocycles. The highest BCUT2D eigenvalue weighted by Gasteiger charge is 2.21. The Morgan fingerprint density at radius 2 is 1.92 bits per heavy atom. The predicted octanol–water partition coefficient (Wildman–Crippen LogP) is 2.77. The molecule has 0 saturated carbocycles. The molecule has 0 saturated heterocycles. The predicted molar refractivity (Wildman–Crippen MR) is 47.8 cm³/mol. The van der Waals surface area contributed by atoms with Crippen LogP contribution in [0.1, 0.15) is 5.56 Å². The molecule has 1 aromatic rings. The lowest BCUT2D eigenvalue weighted by Crippen LogP contribution is -1.93. The Labute approximate surface area is 83.4 Å². The van der Waals surface area contributed by atoms with E-state index in [4.69, 9.17) is 28.5 Å². The van der Waals surface area contributed by atoms with E-state index in [0.29, 0.717) is 0 Å². The van der Waals surface area contributed by atoms with Gasteiger partial charge >= 0.3 is 5.69 Å². The average Bonchev–Trinajstić information content (AvgIpc) is 2.07. The molecule has 0 N–H and O–H groups in total. The molecule has 0 amide bonds. The van der Waals surface area contributed by atoms with Crippen LogP contribution < -0.4 is 0 Å². The molecule has 0 aliphatic carbocycles. The van der Waals surface area contributed by atoms with Crippen LogP contribution in [0.2, 0.25) is 10.0 Å². The molecule has 0 radical (unpaired) electrons. The fourth-order valence-electron chi connectivity index (χ4n) is 0.826. The van der Waals surface area contributed by atoms with Gasteiger partial charge in [0.05, 0.1) is 9.95 Å². The standard InChI is InChI=1S/C7H2Cl2N2O2/c8-5-1-2-6(9)7(11(12)13)4(5)3-10/h1-2H. The van der Waals surface area contributed by atoms with E-state index in [0.717, 1.165) is 0 Å². The van der Waals surface area contributed by atoms with Gasteiger partial charge in [-0.3, -0.25) is 10.1 Å². The summed E-state index contributed by atoms with van der Waals surface area (Å²) in [6.07, 6.45) is 0. The second-order valence-corrected chi connectivity index (χ2v) is 2.94. The van der Waals surface area contributed by atoms with E-state index >= 15 is 0 Å². The van der Waals surface area contributed by atoms with Crippen molar-refractivity contribution < 1.29 is 4.92 Å². The fraction of sp³-hybridized carbons (Fsp3) is 0. The van der Waals surface area contributed by atoms with Gasteiger partial charge in [-0.25, -0.2) is 0 Å². The molecule has 13 heavy (non-hydrogen) atoms. The molecule has 0 heterocycles. The van der Waals surface area contributed by atoms with Gasteiger partial charge in [0, 0.05) is 0 Å². The molecule has 0 aliphatic heterocycles. The first-order valence-electron chi connectivity index (χ1n) is 3.10. The van der Waals surface area contributed by atoms with Crippen molar-refractivity contribution in [3.63, 3.8) is 0 Å². The van der Waals surface area contributed by atoms with Gasteiger partial charge in [-0.15, -0.1) is 0 Å². The molecule has 0 bridgehead atoms. The first kappa shape index (κ1) is 9.78. The van der Waals surface area contributed by atoms with Crippen molar-refractivity contribution in [3.8, 4) is 6.07 Å². The zero-order valence-corrected chi connectivity index (χ0v) is 7.63. The quantitative estimate of drug-likeness (QED) is 0.536. The van der Waals surface area contributed by atoms with Crippen LogP contribution in [0, 0.1) is 21.4 Å². The first-order chi connectivity index (χ1) is 6.07. The molecule has 4 nitrogen and oxygen atoms in total. The van der Waals surface area contributed by atoms with Crippen LogP contribution in [0.5, 0.6) is 0 Å². The second-order valence-electron chi connectivity index (χ2n) is 2.12. The molecule has 0 spiro atoms. The molecular weight excluding hydrogens is 215 g/mol. The van der Waals surface area contributed by atoms with Crippen molar-refractivity contribution in [1.29, 1.82) is 5.26 Å². The summed E-state index contributed by atoms with van der Waals surface area (Å²) < 4.78 is 0. The summed E-state index contributed by atoms with van der Waals surface area (Å²) in [7, 11) is 0. The van der Waals surface area contributed by atoms with E-state index in [1.54, 1.807) is 6.07 Å². The van der Waals surface area contributed by atoms with E-state index in [1.807, 2.05) is 0 Å². The van der Waals surface area contributed by atoms with E-state index in [2.05, 4.69) is 0 Å². The number of rotatable bonds is 1. The minimum atomic E-state index is -0.729. The molecule has 66 valence electrons. The number of hydrogen-bond donors (Lipinski definition) is 0. The Morgan fingerprint density at radius 1 is 1.38 bits per heavy atom. The summed E-state index contributed by atoms with van der Waals surface area (Å²) in [5.41, 5.74) is -0.657. The molecule has 0 aromatic heterocycles. The Kier molecular flexibility index (Phi) is 2.71. The minimum Gasteiger partial charge on any atom is -0.258 e. The summed E-state index contributed by atoms with van der Waals surface area (Å²) in [5.74, 6) is 0. The zero-order chi connectivity index (χ0) is 10.0. The van der Waals surface area contributed by atoms with E-state index in [9.17, 15) is 10.1 Å². The van der Waals surface area contributed by atoms with Crippen molar-refractivity contribution in [2.75, 3.05) is 0 Å². The maximum Gasteiger partial charge on any atom is 0.307 e. The Bertz CT molecular complexity index is 412. The van der Waals surface area contributed by atoms with Gasteiger partial charge in [0.1, 0.15) is 16.7 Å². The Morgan fingerprint density at radius 3 is 2.31 bits per heavy atom. The molecular formula is C7H2Cl2N2O2. The average molecular weight is 217 g/mol. The van der Waals surface area contributed by atoms with Crippen LogP contribution in [-0.2, 0) is 0 Å². The highest BCUT2D eigenvalue weighted by Crippen LogP contribution is 2.32. The summed E-state index contributed by atoms with van der Waals surface area (Å²) in [6.45, 7) is 0. The topological polar surface area (TPSA) is 66.9 Å². The lowest BCUT2D eigenvalue weighted by atomic mass is 10.2. The molecule has 1 rings (SSSR count). The van der Waals surface area contributed by atoms with Gasteiger partial charge in [-0.2, -0.15) is 5.26 Å². The van der Waals surface area contributed by atoms with Crippen LogP contribution in [0.15, 0.2) is 12.1 Å². The summed E-state index contributed by atoms with van der Waals surface area (Å²) in [6, 6.07) is 4.25. The van der Waals surface area contributed by atoms with Crippen molar-refractivity contribution >= 4 is 28.9 Å². The van der Waals surface area contributed by atoms with Gasteiger partial charge < -0.3 is 0 Å². The maximum atomic E-state index is 10.5. The third kappa shape index (κ3) is 1.72. The highest BCUT2D eigenvalue weighted by molar-refractivity contribution is 6.35. The van der Waals surface area contributed by atoms with Crippen LogP contribution in [0.25, 0.3) is 0 Å². The molecule has 0 atom stereocenters. The normalized spacial score (nSPS) is 9.31. The third-order valence-corrected chi connectivity index (χ3v) is 1.99. The van der Waals surface area contributed by atoms with Crippen LogP contribution in [-0.4, -0.2) is 4.92 Å². The highest BCUT2D eigenvalue weighted by atomic mass is 35.5. The molecule has 0 aliphatic rings. The first-order valence-corrected chi connectivity index (χ1v) is 3.86. The summed E-state index contributed by atoms with van der Waals surface area (Å²) >= 11 is 11.1. The Balaban J connectivity index is 3.55. The van der Waals surface area contributed by atoms with Gasteiger partial charge in [0.25, 0.3) is 0 Å². The van der Waals surface area contributed by atoms with Gasteiger partial charge in [-0.1, -0.05) is 23.2 Å². The van der Waals surface area contributed by atoms with E-state index in [1.165, 1.54) is 12.1 Å². The number of nitro benzene ring substituents is 1. The largest absolute Gasteiger partial charge is 0.307 e. The summed E-state index contributed by atoms with van der Waals surface area (Å²) in [5, 5.41) is 19.0. The molecule has 0 fully saturated rings. The fourth-order valence-corrected chi connectivity index (χ4v) is 1.25. The molecule has 0 unspecified atom stereocenters. The van der Waals surface area contributed by atoms with Crippen molar-refractivity contribution in [2.45, 2.75) is 0 Å². The maximum absolute atomic E-state index is 10.5. The number of nitriles is 1. The summed E-state index contributed by atoms with van der Waals surface area (Å²) in [4.78, 5) is 9.74. The lowest BCUT2D eigenvalue weighted by Gasteiger charge is -1.98. The SMILES string of the molecule is N#Cc1c(Cl)ccc(Cl)c1[N+](=O)[O-].